The van der Waals surface area contributed by atoms with Crippen LogP contribution >= 0.6 is 0 Å². The molecule has 1 aliphatic rings. The Hall–Kier alpha value is -1.41. The van der Waals surface area contributed by atoms with Crippen molar-refractivity contribution in [2.24, 2.45) is 4.99 Å². The van der Waals surface area contributed by atoms with Gasteiger partial charge in [0.05, 0.1) is 0 Å². The second kappa shape index (κ2) is 4.20. The second-order valence-electron chi connectivity index (χ2n) is 3.63. The van der Waals surface area contributed by atoms with Crippen molar-refractivity contribution in [2.45, 2.75) is 38.0 Å². The monoisotopic (exact) mass is 192 g/mol. The summed E-state index contributed by atoms with van der Waals surface area (Å²) in [5.41, 5.74) is 0. The summed E-state index contributed by atoms with van der Waals surface area (Å²) in [7, 11) is 0. The smallest absolute Gasteiger partial charge is 0.242 e. The Bertz CT molecular complexity index is 347. The molecule has 14 heavy (non-hydrogen) atoms. The summed E-state index contributed by atoms with van der Waals surface area (Å²) in [5.74, 6) is 1.66. The summed E-state index contributed by atoms with van der Waals surface area (Å²) < 4.78 is 5.13. The summed E-state index contributed by atoms with van der Waals surface area (Å²) in [4.78, 5) is 13.4. The molecule has 0 bridgehead atoms. The van der Waals surface area contributed by atoms with Crippen LogP contribution in [0.5, 0.6) is 0 Å². The molecule has 0 spiro atoms. The van der Waals surface area contributed by atoms with Gasteiger partial charge < -0.3 is 4.52 Å². The normalized spacial score (nSPS) is 17.7. The summed E-state index contributed by atoms with van der Waals surface area (Å²) in [6.07, 6.45) is 7.56. The van der Waals surface area contributed by atoms with Crippen LogP contribution < -0.4 is 0 Å². The standard InChI is InChI=1S/C10H12N2O2/c13-7-11-10-6-9(14-12-10)8-4-2-1-3-5-8/h6,8H,1-5H2. The molecule has 4 heteroatoms. The molecule has 1 aliphatic carbocycles. The SMILES string of the molecule is O=C=Nc1cc(C2CCCCC2)on1. The molecule has 0 unspecified atom stereocenters. The van der Waals surface area contributed by atoms with Gasteiger partial charge in [-0.05, 0) is 12.8 Å². The van der Waals surface area contributed by atoms with E-state index in [9.17, 15) is 4.79 Å². The van der Waals surface area contributed by atoms with Gasteiger partial charge in [0, 0.05) is 12.0 Å². The fourth-order valence-corrected chi connectivity index (χ4v) is 1.96. The third-order valence-electron chi connectivity index (χ3n) is 2.68. The zero-order chi connectivity index (χ0) is 9.80. The molecule has 1 aromatic rings. The van der Waals surface area contributed by atoms with Crippen molar-refractivity contribution in [2.75, 3.05) is 0 Å². The number of rotatable bonds is 2. The van der Waals surface area contributed by atoms with Gasteiger partial charge in [0.25, 0.3) is 0 Å². The fraction of sp³-hybridized carbons (Fsp3) is 0.600. The highest BCUT2D eigenvalue weighted by molar-refractivity contribution is 5.44. The minimum absolute atomic E-state index is 0.334. The molecule has 0 saturated heterocycles. The van der Waals surface area contributed by atoms with E-state index in [1.165, 1.54) is 25.3 Å². The zero-order valence-electron chi connectivity index (χ0n) is 7.90. The molecule has 1 saturated carbocycles. The van der Waals surface area contributed by atoms with Crippen LogP contribution in [0.2, 0.25) is 0 Å². The van der Waals surface area contributed by atoms with Gasteiger partial charge in [-0.3, -0.25) is 0 Å². The van der Waals surface area contributed by atoms with Gasteiger partial charge >= 0.3 is 0 Å². The maximum absolute atomic E-state index is 9.99. The Labute approximate surface area is 82.0 Å². The lowest BCUT2D eigenvalue weighted by atomic mass is 9.87. The number of nitrogens with zero attached hydrogens (tertiary/aromatic N) is 2. The van der Waals surface area contributed by atoms with Crippen molar-refractivity contribution in [1.29, 1.82) is 0 Å². The van der Waals surface area contributed by atoms with Crippen LogP contribution in [0.15, 0.2) is 15.6 Å². The molecule has 0 aliphatic heterocycles. The van der Waals surface area contributed by atoms with Crippen LogP contribution in [0.25, 0.3) is 0 Å². The Morgan fingerprint density at radius 3 is 2.93 bits per heavy atom. The summed E-state index contributed by atoms with van der Waals surface area (Å²) in [6, 6.07) is 1.74. The van der Waals surface area contributed by atoms with Gasteiger partial charge in [0.2, 0.25) is 11.9 Å². The van der Waals surface area contributed by atoms with Crippen molar-refractivity contribution in [1.82, 2.24) is 5.16 Å². The van der Waals surface area contributed by atoms with E-state index in [-0.39, 0.29) is 0 Å². The van der Waals surface area contributed by atoms with Gasteiger partial charge in [-0.1, -0.05) is 24.4 Å². The molecule has 1 fully saturated rings. The van der Waals surface area contributed by atoms with Gasteiger partial charge in [-0.2, -0.15) is 0 Å². The minimum atomic E-state index is 0.334. The van der Waals surface area contributed by atoms with E-state index in [1.807, 2.05) is 0 Å². The first-order chi connectivity index (χ1) is 6.90. The van der Waals surface area contributed by atoms with Crippen LogP contribution in [-0.2, 0) is 4.79 Å². The maximum atomic E-state index is 9.99. The lowest BCUT2D eigenvalue weighted by Gasteiger charge is -2.18. The molecule has 0 amide bonds. The maximum Gasteiger partial charge on any atom is 0.242 e. The van der Waals surface area contributed by atoms with Crippen molar-refractivity contribution in [3.8, 4) is 0 Å². The highest BCUT2D eigenvalue weighted by Crippen LogP contribution is 2.33. The molecule has 1 heterocycles. The molecule has 0 aromatic carbocycles. The van der Waals surface area contributed by atoms with Crippen molar-refractivity contribution < 1.29 is 9.32 Å². The molecule has 2 rings (SSSR count). The van der Waals surface area contributed by atoms with E-state index < -0.39 is 0 Å². The number of isocyanates is 1. The van der Waals surface area contributed by atoms with Gasteiger partial charge in [0.15, 0.2) is 0 Å². The summed E-state index contributed by atoms with van der Waals surface area (Å²) in [6.45, 7) is 0. The van der Waals surface area contributed by atoms with Crippen molar-refractivity contribution in [3.05, 3.63) is 11.8 Å². The third-order valence-corrected chi connectivity index (χ3v) is 2.68. The van der Waals surface area contributed by atoms with E-state index >= 15 is 0 Å². The Balaban J connectivity index is 2.10. The molecule has 1 aromatic heterocycles. The van der Waals surface area contributed by atoms with Crippen LogP contribution in [0, 0.1) is 0 Å². The van der Waals surface area contributed by atoms with Gasteiger partial charge in [-0.15, -0.1) is 4.99 Å². The molecule has 0 atom stereocenters. The van der Waals surface area contributed by atoms with Crippen LogP contribution in [0.3, 0.4) is 0 Å². The summed E-state index contributed by atoms with van der Waals surface area (Å²) in [5, 5.41) is 3.68. The predicted molar refractivity (Wildman–Crippen MR) is 50.1 cm³/mol. The quantitative estimate of drug-likeness (QED) is 0.534. The number of aromatic nitrogens is 1. The molecule has 0 N–H and O–H groups in total. The summed E-state index contributed by atoms with van der Waals surface area (Å²) >= 11 is 0. The fourth-order valence-electron chi connectivity index (χ4n) is 1.96. The Kier molecular flexibility index (Phi) is 2.75. The Morgan fingerprint density at radius 2 is 2.21 bits per heavy atom. The Morgan fingerprint density at radius 1 is 1.43 bits per heavy atom. The average molecular weight is 192 g/mol. The highest BCUT2D eigenvalue weighted by atomic mass is 16.5. The zero-order valence-corrected chi connectivity index (χ0v) is 7.90. The first kappa shape index (κ1) is 9.16. The van der Waals surface area contributed by atoms with Crippen molar-refractivity contribution in [3.63, 3.8) is 0 Å². The predicted octanol–water partition coefficient (Wildman–Crippen LogP) is 2.69. The number of hydrogen-bond acceptors (Lipinski definition) is 4. The number of hydrogen-bond donors (Lipinski definition) is 0. The van der Waals surface area contributed by atoms with E-state index in [1.54, 1.807) is 6.07 Å². The van der Waals surface area contributed by atoms with Gasteiger partial charge in [-0.25, -0.2) is 4.79 Å². The molecule has 4 nitrogen and oxygen atoms in total. The topological polar surface area (TPSA) is 55.5 Å². The number of aliphatic imine (C=N–C) groups is 1. The lowest BCUT2D eigenvalue weighted by molar-refractivity contribution is 0.322. The van der Waals surface area contributed by atoms with Crippen molar-refractivity contribution >= 4 is 11.9 Å². The molecule has 0 radical (unpaired) electrons. The minimum Gasteiger partial charge on any atom is -0.359 e. The highest BCUT2D eigenvalue weighted by Gasteiger charge is 2.19. The van der Waals surface area contributed by atoms with Crippen LogP contribution in [0.1, 0.15) is 43.8 Å². The molecule has 74 valence electrons. The van der Waals surface area contributed by atoms with Gasteiger partial charge in [0.1, 0.15) is 5.76 Å². The van der Waals surface area contributed by atoms with Crippen LogP contribution in [-0.4, -0.2) is 11.2 Å². The first-order valence-electron chi connectivity index (χ1n) is 4.94. The molecular formula is C10H12N2O2. The van der Waals surface area contributed by atoms with E-state index in [2.05, 4.69) is 10.1 Å². The average Bonchev–Trinajstić information content (AvgIpc) is 2.68. The van der Waals surface area contributed by atoms with Crippen LogP contribution in [0.4, 0.5) is 5.82 Å². The van der Waals surface area contributed by atoms with E-state index in [4.69, 9.17) is 4.52 Å². The first-order valence-corrected chi connectivity index (χ1v) is 4.94. The largest absolute Gasteiger partial charge is 0.359 e. The number of carbonyl (C=O) groups excluding carboxylic acids is 1. The van der Waals surface area contributed by atoms with E-state index in [0.717, 1.165) is 18.6 Å². The third kappa shape index (κ3) is 1.91. The second-order valence-corrected chi connectivity index (χ2v) is 3.63. The molecular weight excluding hydrogens is 180 g/mol. The van der Waals surface area contributed by atoms with E-state index in [0.29, 0.717) is 11.7 Å². The lowest BCUT2D eigenvalue weighted by Crippen LogP contribution is -2.02.